The average molecular weight is 338 g/mol. The van der Waals surface area contributed by atoms with Crippen molar-refractivity contribution in [3.8, 4) is 23.7 Å². The first-order valence-corrected chi connectivity index (χ1v) is 7.64. The molecule has 0 aromatic heterocycles. The fourth-order valence-electron chi connectivity index (χ4n) is 1.89. The van der Waals surface area contributed by atoms with Gasteiger partial charge in [0.1, 0.15) is 5.60 Å². The smallest absolute Gasteiger partial charge is 0.430 e. The highest BCUT2D eigenvalue weighted by Gasteiger charge is 2.26. The number of carboxylic acid groups (broad SMARTS) is 1. The summed E-state index contributed by atoms with van der Waals surface area (Å²) in [6, 6.07) is 6.23. The summed E-state index contributed by atoms with van der Waals surface area (Å²) in [5.74, 6) is 10.00. The summed E-state index contributed by atoms with van der Waals surface area (Å²) in [6.45, 7) is 5.71. The molecule has 128 valence electrons. The average Bonchev–Trinajstić information content (AvgIpc) is 2.99. The number of carbonyl (C=O) groups is 2. The molecule has 6 heteroatoms. The van der Waals surface area contributed by atoms with Crippen molar-refractivity contribution >= 4 is 18.3 Å². The molecule has 1 aliphatic heterocycles. The van der Waals surface area contributed by atoms with E-state index in [1.807, 2.05) is 0 Å². The third-order valence-electron chi connectivity index (χ3n) is 3.02. The van der Waals surface area contributed by atoms with Gasteiger partial charge in [-0.1, -0.05) is 11.8 Å². The Hall–Kier alpha value is -3.25. The molecule has 0 fully saturated rings. The van der Waals surface area contributed by atoms with Gasteiger partial charge >= 0.3 is 12.1 Å². The zero-order valence-electron chi connectivity index (χ0n) is 14.2. The van der Waals surface area contributed by atoms with E-state index >= 15 is 0 Å². The summed E-state index contributed by atoms with van der Waals surface area (Å²) < 4.78 is 5.24. The van der Waals surface area contributed by atoms with Crippen LogP contribution in [0.4, 0.5) is 4.79 Å². The minimum atomic E-state index is -0.977. The lowest BCUT2D eigenvalue weighted by Crippen LogP contribution is -2.33. The molecule has 1 aromatic rings. The molecule has 25 heavy (non-hydrogen) atoms. The van der Waals surface area contributed by atoms with Crippen molar-refractivity contribution in [2.24, 2.45) is 11.0 Å². The van der Waals surface area contributed by atoms with E-state index in [-0.39, 0.29) is 11.5 Å². The normalized spacial score (nSPS) is 15.6. The number of carboxylic acids is 1. The molecule has 1 amide bonds. The Kier molecular flexibility index (Phi) is 5.46. The number of carbonyl (C=O) groups excluding carboxylic acids is 1. The largest absolute Gasteiger partial charge is 0.478 e. The van der Waals surface area contributed by atoms with E-state index in [2.05, 4.69) is 28.8 Å². The van der Waals surface area contributed by atoms with E-state index in [0.29, 0.717) is 12.1 Å². The molecule has 0 aliphatic carbocycles. The topological polar surface area (TPSA) is 79.2 Å². The molecule has 1 N–H and O–H groups in total. The maximum atomic E-state index is 11.9. The lowest BCUT2D eigenvalue weighted by atomic mass is 10.1. The van der Waals surface area contributed by atoms with E-state index in [9.17, 15) is 9.59 Å². The summed E-state index contributed by atoms with van der Waals surface area (Å²) in [4.78, 5) is 22.6. The van der Waals surface area contributed by atoms with Crippen LogP contribution in [0.3, 0.4) is 0 Å². The zero-order valence-corrected chi connectivity index (χ0v) is 14.2. The molecular weight excluding hydrogens is 320 g/mol. The first-order chi connectivity index (χ1) is 11.7. The van der Waals surface area contributed by atoms with E-state index in [1.165, 1.54) is 17.1 Å². The molecule has 0 saturated heterocycles. The fourth-order valence-corrected chi connectivity index (χ4v) is 1.89. The van der Waals surface area contributed by atoms with Gasteiger partial charge in [-0.05, 0) is 56.9 Å². The van der Waals surface area contributed by atoms with E-state index in [0.717, 1.165) is 0 Å². The first-order valence-electron chi connectivity index (χ1n) is 7.64. The Morgan fingerprint density at radius 1 is 1.24 bits per heavy atom. The zero-order chi connectivity index (χ0) is 18.4. The van der Waals surface area contributed by atoms with Crippen LogP contribution in [0.25, 0.3) is 0 Å². The minimum absolute atomic E-state index is 0.198. The van der Waals surface area contributed by atoms with Crippen LogP contribution < -0.4 is 0 Å². The molecule has 0 radical (unpaired) electrons. The highest BCUT2D eigenvalue weighted by atomic mass is 16.6. The lowest BCUT2D eigenvalue weighted by molar-refractivity contribution is 0.0269. The van der Waals surface area contributed by atoms with Crippen molar-refractivity contribution in [2.75, 3.05) is 6.54 Å². The van der Waals surface area contributed by atoms with Crippen LogP contribution in [0.1, 0.15) is 36.7 Å². The van der Waals surface area contributed by atoms with E-state index in [1.54, 1.807) is 39.1 Å². The van der Waals surface area contributed by atoms with Crippen LogP contribution in [0.15, 0.2) is 29.4 Å². The van der Waals surface area contributed by atoms with Gasteiger partial charge in [0.2, 0.25) is 0 Å². The van der Waals surface area contributed by atoms with Crippen LogP contribution in [0.2, 0.25) is 0 Å². The van der Waals surface area contributed by atoms with Gasteiger partial charge in [0, 0.05) is 11.8 Å². The number of hydrazone groups is 1. The van der Waals surface area contributed by atoms with Crippen LogP contribution in [-0.4, -0.2) is 40.5 Å². The number of hydrogen-bond acceptors (Lipinski definition) is 4. The Morgan fingerprint density at radius 2 is 1.92 bits per heavy atom. The standard InChI is InChI=1S/C19H18N2O4/c1-19(2,3)25-18(24)21-13-15(12-20-21)7-5-4-6-14-8-10-16(11-9-14)17(22)23/h8-12,15H,13H2,1-3H3,(H,22,23). The number of hydrogen-bond donors (Lipinski definition) is 1. The number of amides is 1. The van der Waals surface area contributed by atoms with Gasteiger partial charge < -0.3 is 9.84 Å². The van der Waals surface area contributed by atoms with Gasteiger partial charge in [0.15, 0.2) is 0 Å². The SMILES string of the molecule is CC(C)(C)OC(=O)N1CC(C#CC#Cc2ccc(C(=O)O)cc2)C=N1. The molecule has 0 bridgehead atoms. The Balaban J connectivity index is 1.90. The van der Waals surface area contributed by atoms with Crippen molar-refractivity contribution in [3.05, 3.63) is 35.4 Å². The van der Waals surface area contributed by atoms with Crippen LogP contribution in [-0.2, 0) is 4.74 Å². The first kappa shape index (κ1) is 18.1. The van der Waals surface area contributed by atoms with Gasteiger partial charge in [-0.3, -0.25) is 0 Å². The van der Waals surface area contributed by atoms with Crippen LogP contribution in [0.5, 0.6) is 0 Å². The summed E-state index contributed by atoms with van der Waals surface area (Å²) in [5, 5.41) is 14.1. The quantitative estimate of drug-likeness (QED) is 0.798. The van der Waals surface area contributed by atoms with Gasteiger partial charge in [-0.25, -0.2) is 9.59 Å². The number of ether oxygens (including phenoxy) is 1. The second-order valence-corrected chi connectivity index (χ2v) is 6.34. The van der Waals surface area contributed by atoms with Crippen molar-refractivity contribution in [1.29, 1.82) is 0 Å². The Labute approximate surface area is 146 Å². The maximum Gasteiger partial charge on any atom is 0.430 e. The number of benzene rings is 1. The maximum absolute atomic E-state index is 11.9. The Bertz CT molecular complexity index is 811. The number of aromatic carboxylic acids is 1. The highest BCUT2D eigenvalue weighted by Crippen LogP contribution is 2.14. The van der Waals surface area contributed by atoms with Crippen LogP contribution >= 0.6 is 0 Å². The van der Waals surface area contributed by atoms with Gasteiger partial charge in [-0.15, -0.1) is 0 Å². The third-order valence-corrected chi connectivity index (χ3v) is 3.02. The fraction of sp³-hybridized carbons (Fsp3) is 0.316. The molecule has 2 rings (SSSR count). The Morgan fingerprint density at radius 3 is 2.52 bits per heavy atom. The summed E-state index contributed by atoms with van der Waals surface area (Å²) in [7, 11) is 0. The molecule has 1 heterocycles. The second kappa shape index (κ2) is 7.55. The molecule has 1 aliphatic rings. The van der Waals surface area contributed by atoms with Gasteiger partial charge in [-0.2, -0.15) is 10.1 Å². The molecule has 1 atom stereocenters. The lowest BCUT2D eigenvalue weighted by Gasteiger charge is -2.22. The van der Waals surface area contributed by atoms with E-state index < -0.39 is 17.7 Å². The number of rotatable bonds is 1. The van der Waals surface area contributed by atoms with Gasteiger partial charge in [0.25, 0.3) is 0 Å². The van der Waals surface area contributed by atoms with Gasteiger partial charge in [0.05, 0.1) is 18.0 Å². The van der Waals surface area contributed by atoms with Crippen LogP contribution in [0, 0.1) is 29.6 Å². The predicted octanol–water partition coefficient (Wildman–Crippen LogP) is 2.59. The molecule has 6 nitrogen and oxygen atoms in total. The van der Waals surface area contributed by atoms with E-state index in [4.69, 9.17) is 9.84 Å². The summed E-state index contributed by atoms with van der Waals surface area (Å²) in [6.07, 6.45) is 1.08. The summed E-state index contributed by atoms with van der Waals surface area (Å²) in [5.41, 5.74) is 0.314. The molecular formula is C19H18N2O4. The molecule has 1 aromatic carbocycles. The molecule has 0 saturated carbocycles. The summed E-state index contributed by atoms with van der Waals surface area (Å²) >= 11 is 0. The number of nitrogens with zero attached hydrogens (tertiary/aromatic N) is 2. The minimum Gasteiger partial charge on any atom is -0.478 e. The monoisotopic (exact) mass is 338 g/mol. The van der Waals surface area contributed by atoms with Crippen molar-refractivity contribution < 1.29 is 19.4 Å². The molecule has 0 spiro atoms. The second-order valence-electron chi connectivity index (χ2n) is 6.34. The predicted molar refractivity (Wildman–Crippen MR) is 93.0 cm³/mol. The van der Waals surface area contributed by atoms with Crippen molar-refractivity contribution in [3.63, 3.8) is 0 Å². The van der Waals surface area contributed by atoms with Crippen molar-refractivity contribution in [2.45, 2.75) is 26.4 Å². The highest BCUT2D eigenvalue weighted by molar-refractivity contribution is 5.87. The molecule has 1 unspecified atom stereocenters. The third kappa shape index (κ3) is 5.71. The van der Waals surface area contributed by atoms with Crippen molar-refractivity contribution in [1.82, 2.24) is 5.01 Å².